The van der Waals surface area contributed by atoms with Crippen LogP contribution < -0.4 is 4.74 Å². The van der Waals surface area contributed by atoms with Crippen LogP contribution in [0.4, 0.5) is 0 Å². The largest absolute Gasteiger partial charge is 0.497 e. The molecule has 2 heterocycles. The van der Waals surface area contributed by atoms with Crippen LogP contribution in [0.2, 0.25) is 0 Å². The molecule has 0 radical (unpaired) electrons. The number of nitrogens with zero attached hydrogens (tertiary/aromatic N) is 2. The fourth-order valence-electron chi connectivity index (χ4n) is 4.30. The van der Waals surface area contributed by atoms with E-state index in [1.165, 1.54) is 19.3 Å². The topological polar surface area (TPSA) is 63.9 Å². The second kappa shape index (κ2) is 8.79. The molecule has 1 aliphatic heterocycles. The number of aromatic nitrogens is 1. The van der Waals surface area contributed by atoms with Gasteiger partial charge in [-0.1, -0.05) is 18.6 Å². The van der Waals surface area contributed by atoms with Crippen molar-refractivity contribution in [3.63, 3.8) is 0 Å². The van der Waals surface area contributed by atoms with Crippen molar-refractivity contribution in [1.29, 1.82) is 0 Å². The highest BCUT2D eigenvalue weighted by Gasteiger charge is 2.27. The van der Waals surface area contributed by atoms with E-state index in [4.69, 9.17) is 9.47 Å². The molecule has 158 valence electrons. The molecule has 0 atom stereocenters. The Morgan fingerprint density at radius 3 is 2.47 bits per heavy atom. The Morgan fingerprint density at radius 1 is 1.07 bits per heavy atom. The zero-order chi connectivity index (χ0) is 21.1. The predicted octanol–water partition coefficient (Wildman–Crippen LogP) is 4.72. The first-order chi connectivity index (χ1) is 14.6. The molecule has 0 saturated carbocycles. The van der Waals surface area contributed by atoms with Gasteiger partial charge in [0.25, 0.3) is 0 Å². The van der Waals surface area contributed by atoms with Gasteiger partial charge in [-0.25, -0.2) is 4.79 Å². The summed E-state index contributed by atoms with van der Waals surface area (Å²) in [6.07, 6.45) is 3.65. The van der Waals surface area contributed by atoms with Gasteiger partial charge >= 0.3 is 5.97 Å². The summed E-state index contributed by atoms with van der Waals surface area (Å²) in [4.78, 5) is 15.5. The number of hydrogen-bond acceptors (Lipinski definition) is 5. The zero-order valence-corrected chi connectivity index (χ0v) is 17.6. The summed E-state index contributed by atoms with van der Waals surface area (Å²) < 4.78 is 11.8. The standard InChI is InChI=1S/C24H28N2O4/c1-3-30-24(27)22-21-18(16-25-14-5-4-6-15-25)8-7-9-20(21)26(28)23(22)17-10-12-19(29-2)13-11-17/h7-13,28H,3-6,14-16H2,1-2H3. The van der Waals surface area contributed by atoms with Crippen LogP contribution in [0, 0.1) is 0 Å². The summed E-state index contributed by atoms with van der Waals surface area (Å²) in [6.45, 7) is 4.91. The molecule has 0 aliphatic carbocycles. The molecule has 0 amide bonds. The number of rotatable bonds is 6. The molecular weight excluding hydrogens is 380 g/mol. The number of ether oxygens (including phenoxy) is 2. The average Bonchev–Trinajstić information content (AvgIpc) is 3.08. The minimum atomic E-state index is -0.424. The highest BCUT2D eigenvalue weighted by Crippen LogP contribution is 2.36. The van der Waals surface area contributed by atoms with E-state index in [-0.39, 0.29) is 6.61 Å². The number of hydrogen-bond donors (Lipinski definition) is 1. The Labute approximate surface area is 176 Å². The predicted molar refractivity (Wildman–Crippen MR) is 116 cm³/mol. The SMILES string of the molecule is CCOC(=O)c1c(-c2ccc(OC)cc2)n(O)c2cccc(CN3CCCCC3)c12. The second-order valence-electron chi connectivity index (χ2n) is 7.63. The molecule has 1 saturated heterocycles. The molecular formula is C24H28N2O4. The quantitative estimate of drug-likeness (QED) is 0.472. The number of methoxy groups -OCH3 is 1. The van der Waals surface area contributed by atoms with Crippen LogP contribution in [0.25, 0.3) is 22.2 Å². The van der Waals surface area contributed by atoms with Crippen LogP contribution in [0.5, 0.6) is 5.75 Å². The third-order valence-electron chi connectivity index (χ3n) is 5.74. The van der Waals surface area contributed by atoms with E-state index in [0.29, 0.717) is 22.5 Å². The molecule has 0 unspecified atom stereocenters. The van der Waals surface area contributed by atoms with Gasteiger partial charge in [-0.2, -0.15) is 4.73 Å². The number of likely N-dealkylation sites (tertiary alicyclic amines) is 1. The van der Waals surface area contributed by atoms with E-state index in [1.807, 2.05) is 42.5 Å². The zero-order valence-electron chi connectivity index (χ0n) is 17.6. The van der Waals surface area contributed by atoms with Crippen molar-refractivity contribution in [3.05, 3.63) is 53.6 Å². The maximum absolute atomic E-state index is 13.0. The molecule has 4 rings (SSSR count). The first-order valence-electron chi connectivity index (χ1n) is 10.5. The Hall–Kier alpha value is -2.99. The number of piperidine rings is 1. The summed E-state index contributed by atoms with van der Waals surface area (Å²) in [6, 6.07) is 13.1. The second-order valence-corrected chi connectivity index (χ2v) is 7.63. The molecule has 1 aromatic heterocycles. The van der Waals surface area contributed by atoms with Crippen LogP contribution in [-0.4, -0.2) is 47.6 Å². The molecule has 1 fully saturated rings. The first-order valence-corrected chi connectivity index (χ1v) is 10.5. The van der Waals surface area contributed by atoms with Crippen molar-refractivity contribution in [2.45, 2.75) is 32.7 Å². The third kappa shape index (κ3) is 3.75. The van der Waals surface area contributed by atoms with Crippen LogP contribution in [0.1, 0.15) is 42.1 Å². The lowest BCUT2D eigenvalue weighted by molar-refractivity contribution is 0.0527. The molecule has 0 spiro atoms. The maximum Gasteiger partial charge on any atom is 0.341 e. The van der Waals surface area contributed by atoms with E-state index < -0.39 is 5.97 Å². The minimum absolute atomic E-state index is 0.271. The van der Waals surface area contributed by atoms with E-state index in [1.54, 1.807) is 14.0 Å². The van der Waals surface area contributed by atoms with Gasteiger partial charge in [-0.15, -0.1) is 0 Å². The highest BCUT2D eigenvalue weighted by molar-refractivity contribution is 6.11. The molecule has 1 aliphatic rings. The number of benzene rings is 2. The van der Waals surface area contributed by atoms with Crippen molar-refractivity contribution in [2.24, 2.45) is 0 Å². The summed E-state index contributed by atoms with van der Waals surface area (Å²) >= 11 is 0. The van der Waals surface area contributed by atoms with Crippen LogP contribution >= 0.6 is 0 Å². The fourth-order valence-corrected chi connectivity index (χ4v) is 4.30. The van der Waals surface area contributed by atoms with Gasteiger partial charge in [0.1, 0.15) is 11.4 Å². The fraction of sp³-hybridized carbons (Fsp3) is 0.375. The summed E-state index contributed by atoms with van der Waals surface area (Å²) in [7, 11) is 1.61. The van der Waals surface area contributed by atoms with Gasteiger partial charge < -0.3 is 14.7 Å². The van der Waals surface area contributed by atoms with E-state index >= 15 is 0 Å². The smallest absolute Gasteiger partial charge is 0.341 e. The van der Waals surface area contributed by atoms with Crippen LogP contribution in [0.3, 0.4) is 0 Å². The summed E-state index contributed by atoms with van der Waals surface area (Å²) in [5.41, 5.74) is 3.21. The van der Waals surface area contributed by atoms with Gasteiger partial charge in [0.2, 0.25) is 0 Å². The Kier molecular flexibility index (Phi) is 5.95. The Balaban J connectivity index is 1.89. The van der Waals surface area contributed by atoms with Gasteiger partial charge in [0.15, 0.2) is 0 Å². The first kappa shape index (κ1) is 20.3. The lowest BCUT2D eigenvalue weighted by atomic mass is 10.0. The number of carbonyl (C=O) groups is 1. The highest BCUT2D eigenvalue weighted by atomic mass is 16.5. The van der Waals surface area contributed by atoms with E-state index in [9.17, 15) is 10.0 Å². The third-order valence-corrected chi connectivity index (χ3v) is 5.74. The van der Waals surface area contributed by atoms with Crippen molar-refractivity contribution in [3.8, 4) is 17.0 Å². The summed E-state index contributed by atoms with van der Waals surface area (Å²) in [5.74, 6) is 0.287. The number of esters is 1. The molecule has 3 aromatic rings. The molecule has 6 heteroatoms. The van der Waals surface area contributed by atoms with Gasteiger partial charge in [-0.05, 0) is 68.8 Å². The van der Waals surface area contributed by atoms with Gasteiger partial charge in [0, 0.05) is 17.5 Å². The van der Waals surface area contributed by atoms with Crippen molar-refractivity contribution < 1.29 is 19.5 Å². The molecule has 0 bridgehead atoms. The van der Waals surface area contributed by atoms with Gasteiger partial charge in [-0.3, -0.25) is 4.90 Å². The van der Waals surface area contributed by atoms with E-state index in [2.05, 4.69) is 4.90 Å². The molecule has 2 aromatic carbocycles. The molecule has 1 N–H and O–H groups in total. The monoisotopic (exact) mass is 408 g/mol. The summed E-state index contributed by atoms with van der Waals surface area (Å²) in [5, 5.41) is 11.8. The van der Waals surface area contributed by atoms with Crippen LogP contribution in [-0.2, 0) is 11.3 Å². The molecule has 30 heavy (non-hydrogen) atoms. The van der Waals surface area contributed by atoms with E-state index in [0.717, 1.165) is 40.9 Å². The van der Waals surface area contributed by atoms with Crippen molar-refractivity contribution >= 4 is 16.9 Å². The number of fused-ring (bicyclic) bond motifs is 1. The minimum Gasteiger partial charge on any atom is -0.497 e. The van der Waals surface area contributed by atoms with Crippen molar-refractivity contribution in [2.75, 3.05) is 26.8 Å². The Bertz CT molecular complexity index is 1030. The van der Waals surface area contributed by atoms with Gasteiger partial charge in [0.05, 0.1) is 24.8 Å². The number of carbonyl (C=O) groups excluding carboxylic acids is 1. The van der Waals surface area contributed by atoms with Crippen LogP contribution in [0.15, 0.2) is 42.5 Å². The normalized spacial score (nSPS) is 14.7. The Morgan fingerprint density at radius 2 is 1.80 bits per heavy atom. The molecule has 6 nitrogen and oxygen atoms in total. The lowest BCUT2D eigenvalue weighted by Gasteiger charge is -2.26. The maximum atomic E-state index is 13.0. The van der Waals surface area contributed by atoms with Crippen molar-refractivity contribution in [1.82, 2.24) is 9.63 Å². The average molecular weight is 408 g/mol. The lowest BCUT2D eigenvalue weighted by Crippen LogP contribution is -2.29.